The van der Waals surface area contributed by atoms with Crippen LogP contribution in [0.15, 0.2) is 24.3 Å². The monoisotopic (exact) mass is 220 g/mol. The molecular formula is C13H20N2O. The molecule has 1 aromatic carbocycles. The lowest BCUT2D eigenvalue weighted by molar-refractivity contribution is -0.127. The van der Waals surface area contributed by atoms with Crippen LogP contribution in [0.2, 0.25) is 0 Å². The highest BCUT2D eigenvalue weighted by molar-refractivity contribution is 5.78. The van der Waals surface area contributed by atoms with Gasteiger partial charge in [-0.3, -0.25) is 4.79 Å². The topological polar surface area (TPSA) is 32.3 Å². The van der Waals surface area contributed by atoms with Crippen LogP contribution in [0.25, 0.3) is 0 Å². The van der Waals surface area contributed by atoms with E-state index in [9.17, 15) is 4.79 Å². The van der Waals surface area contributed by atoms with Crippen LogP contribution in [0.5, 0.6) is 0 Å². The minimum Gasteiger partial charge on any atom is -0.383 e. The molecule has 0 aliphatic rings. The van der Waals surface area contributed by atoms with Gasteiger partial charge in [0.1, 0.15) is 0 Å². The second kappa shape index (κ2) is 5.54. The first kappa shape index (κ1) is 12.6. The minimum absolute atomic E-state index is 0.129. The van der Waals surface area contributed by atoms with Gasteiger partial charge >= 0.3 is 0 Å². The van der Waals surface area contributed by atoms with Gasteiger partial charge in [-0.2, -0.15) is 0 Å². The summed E-state index contributed by atoms with van der Waals surface area (Å²) in [6.45, 7) is 4.20. The average molecular weight is 220 g/mol. The molecule has 3 heteroatoms. The molecule has 88 valence electrons. The Morgan fingerprint density at radius 1 is 1.25 bits per heavy atom. The maximum Gasteiger partial charge on any atom is 0.226 e. The number of hydrogen-bond donors (Lipinski definition) is 1. The van der Waals surface area contributed by atoms with Crippen LogP contribution in [0.4, 0.5) is 5.69 Å². The highest BCUT2D eigenvalue weighted by Gasteiger charge is 2.05. The molecule has 0 atom stereocenters. The molecule has 3 nitrogen and oxygen atoms in total. The number of hydrogen-bond acceptors (Lipinski definition) is 2. The molecule has 1 rings (SSSR count). The van der Waals surface area contributed by atoms with E-state index in [-0.39, 0.29) is 5.91 Å². The number of benzene rings is 1. The van der Waals surface area contributed by atoms with Crippen LogP contribution in [0.3, 0.4) is 0 Å². The fourth-order valence-corrected chi connectivity index (χ4v) is 1.38. The Morgan fingerprint density at radius 2 is 1.81 bits per heavy atom. The molecule has 0 fully saturated rings. The number of amides is 1. The normalized spacial score (nSPS) is 10.3. The SMILES string of the molecule is CC(C)Nc1ccc(CC(=O)N(C)C)cc1. The van der Waals surface area contributed by atoms with Crippen LogP contribution >= 0.6 is 0 Å². The summed E-state index contributed by atoms with van der Waals surface area (Å²) >= 11 is 0. The number of rotatable bonds is 4. The summed E-state index contributed by atoms with van der Waals surface area (Å²) in [4.78, 5) is 13.1. The molecule has 0 saturated heterocycles. The van der Waals surface area contributed by atoms with Crippen molar-refractivity contribution in [3.63, 3.8) is 0 Å². The predicted octanol–water partition coefficient (Wildman–Crippen LogP) is 2.14. The van der Waals surface area contributed by atoms with Gasteiger partial charge in [0.2, 0.25) is 5.91 Å². The van der Waals surface area contributed by atoms with E-state index in [4.69, 9.17) is 0 Å². The van der Waals surface area contributed by atoms with E-state index in [0.717, 1.165) is 11.3 Å². The Balaban J connectivity index is 2.61. The number of nitrogens with one attached hydrogen (secondary N) is 1. The molecule has 0 saturated carbocycles. The fourth-order valence-electron chi connectivity index (χ4n) is 1.38. The predicted molar refractivity (Wildman–Crippen MR) is 67.6 cm³/mol. The first-order chi connectivity index (χ1) is 7.49. The van der Waals surface area contributed by atoms with Gasteiger partial charge in [0.05, 0.1) is 6.42 Å². The summed E-state index contributed by atoms with van der Waals surface area (Å²) in [5.41, 5.74) is 2.14. The standard InChI is InChI=1S/C13H20N2O/c1-10(2)14-12-7-5-11(6-8-12)9-13(16)15(3)4/h5-8,10,14H,9H2,1-4H3. The van der Waals surface area contributed by atoms with Gasteiger partial charge < -0.3 is 10.2 Å². The van der Waals surface area contributed by atoms with Gasteiger partial charge in [-0.15, -0.1) is 0 Å². The molecule has 0 unspecified atom stereocenters. The molecule has 0 aliphatic heterocycles. The Hall–Kier alpha value is -1.51. The smallest absolute Gasteiger partial charge is 0.226 e. The third kappa shape index (κ3) is 3.93. The second-order valence-electron chi connectivity index (χ2n) is 4.46. The molecule has 0 spiro atoms. The number of carbonyl (C=O) groups excluding carboxylic acids is 1. The molecular weight excluding hydrogens is 200 g/mol. The Bertz CT molecular complexity index is 341. The lowest BCUT2D eigenvalue weighted by Crippen LogP contribution is -2.23. The summed E-state index contributed by atoms with van der Waals surface area (Å²) in [5, 5.41) is 3.31. The van der Waals surface area contributed by atoms with E-state index in [2.05, 4.69) is 19.2 Å². The fraction of sp³-hybridized carbons (Fsp3) is 0.462. The van der Waals surface area contributed by atoms with Gasteiger partial charge in [0.25, 0.3) is 0 Å². The number of nitrogens with zero attached hydrogens (tertiary/aromatic N) is 1. The van der Waals surface area contributed by atoms with E-state index in [0.29, 0.717) is 12.5 Å². The van der Waals surface area contributed by atoms with E-state index in [1.165, 1.54) is 0 Å². The molecule has 1 N–H and O–H groups in total. The molecule has 1 aromatic rings. The summed E-state index contributed by atoms with van der Waals surface area (Å²) in [6.07, 6.45) is 0.467. The summed E-state index contributed by atoms with van der Waals surface area (Å²) < 4.78 is 0. The highest BCUT2D eigenvalue weighted by Crippen LogP contribution is 2.11. The van der Waals surface area contributed by atoms with Gasteiger partial charge in [-0.25, -0.2) is 0 Å². The second-order valence-corrected chi connectivity index (χ2v) is 4.46. The lowest BCUT2D eigenvalue weighted by atomic mass is 10.1. The van der Waals surface area contributed by atoms with Gasteiger partial charge in [-0.1, -0.05) is 12.1 Å². The number of anilines is 1. The van der Waals surface area contributed by atoms with Crippen molar-refractivity contribution >= 4 is 11.6 Å². The van der Waals surface area contributed by atoms with Gasteiger partial charge in [-0.05, 0) is 31.5 Å². The summed E-state index contributed by atoms with van der Waals surface area (Å²) in [5.74, 6) is 0.129. The van der Waals surface area contributed by atoms with E-state index >= 15 is 0 Å². The Morgan fingerprint density at radius 3 is 2.25 bits per heavy atom. The average Bonchev–Trinajstić information content (AvgIpc) is 2.20. The van der Waals surface area contributed by atoms with Gasteiger partial charge in [0, 0.05) is 25.8 Å². The van der Waals surface area contributed by atoms with Crippen LogP contribution < -0.4 is 5.32 Å². The van der Waals surface area contributed by atoms with E-state index in [1.54, 1.807) is 19.0 Å². The zero-order valence-corrected chi connectivity index (χ0v) is 10.4. The summed E-state index contributed by atoms with van der Waals surface area (Å²) in [7, 11) is 3.55. The largest absolute Gasteiger partial charge is 0.383 e. The number of likely N-dealkylation sites (N-methyl/N-ethyl adjacent to an activating group) is 1. The first-order valence-electron chi connectivity index (χ1n) is 5.54. The molecule has 16 heavy (non-hydrogen) atoms. The van der Waals surface area contributed by atoms with Crippen molar-refractivity contribution in [1.29, 1.82) is 0 Å². The van der Waals surface area contributed by atoms with Crippen molar-refractivity contribution in [3.8, 4) is 0 Å². The quantitative estimate of drug-likeness (QED) is 0.843. The molecule has 1 amide bonds. The highest BCUT2D eigenvalue weighted by atomic mass is 16.2. The number of carbonyl (C=O) groups is 1. The lowest BCUT2D eigenvalue weighted by Gasteiger charge is -2.12. The molecule has 0 radical (unpaired) electrons. The Kier molecular flexibility index (Phi) is 4.35. The summed E-state index contributed by atoms with van der Waals surface area (Å²) in [6, 6.07) is 8.43. The van der Waals surface area contributed by atoms with Crippen LogP contribution in [0.1, 0.15) is 19.4 Å². The first-order valence-corrected chi connectivity index (χ1v) is 5.54. The van der Waals surface area contributed by atoms with Crippen LogP contribution in [-0.2, 0) is 11.2 Å². The zero-order valence-electron chi connectivity index (χ0n) is 10.4. The van der Waals surface area contributed by atoms with Crippen LogP contribution in [-0.4, -0.2) is 30.9 Å². The van der Waals surface area contributed by atoms with Crippen molar-refractivity contribution in [2.24, 2.45) is 0 Å². The third-order valence-corrected chi connectivity index (χ3v) is 2.26. The van der Waals surface area contributed by atoms with Crippen molar-refractivity contribution in [2.45, 2.75) is 26.3 Å². The molecule has 0 heterocycles. The Labute approximate surface area is 97.5 Å². The minimum atomic E-state index is 0.129. The van der Waals surface area contributed by atoms with Crippen molar-refractivity contribution in [3.05, 3.63) is 29.8 Å². The third-order valence-electron chi connectivity index (χ3n) is 2.26. The van der Waals surface area contributed by atoms with E-state index in [1.807, 2.05) is 24.3 Å². The van der Waals surface area contributed by atoms with Crippen molar-refractivity contribution < 1.29 is 4.79 Å². The maximum atomic E-state index is 11.5. The maximum absolute atomic E-state index is 11.5. The van der Waals surface area contributed by atoms with Crippen molar-refractivity contribution in [2.75, 3.05) is 19.4 Å². The van der Waals surface area contributed by atoms with E-state index < -0.39 is 0 Å². The molecule has 0 bridgehead atoms. The van der Waals surface area contributed by atoms with Crippen LogP contribution in [0, 0.1) is 0 Å². The molecule has 0 aromatic heterocycles. The zero-order chi connectivity index (χ0) is 12.1. The molecule has 0 aliphatic carbocycles. The van der Waals surface area contributed by atoms with Crippen molar-refractivity contribution in [1.82, 2.24) is 4.90 Å². The van der Waals surface area contributed by atoms with Gasteiger partial charge in [0.15, 0.2) is 0 Å².